The summed E-state index contributed by atoms with van der Waals surface area (Å²) in [5, 5.41) is 4.60. The van der Waals surface area contributed by atoms with Crippen molar-refractivity contribution in [2.24, 2.45) is 0 Å². The van der Waals surface area contributed by atoms with E-state index in [0.717, 1.165) is 50.1 Å². The Balaban J connectivity index is 0.00000410. The number of furan rings is 1. The molecule has 0 saturated carbocycles. The minimum atomic E-state index is -0.381. The van der Waals surface area contributed by atoms with Crippen LogP contribution in [-0.2, 0) is 5.41 Å². The monoisotopic (exact) mass is 791 g/mol. The van der Waals surface area contributed by atoms with Gasteiger partial charge in [0.1, 0.15) is 5.58 Å². The van der Waals surface area contributed by atoms with Crippen molar-refractivity contribution in [3.8, 4) is 44.5 Å². The molecule has 13 rings (SSSR count). The molecule has 1 aromatic heterocycles. The molecule has 0 aliphatic heterocycles. The molecule has 0 saturated heterocycles. The summed E-state index contributed by atoms with van der Waals surface area (Å²) in [6.07, 6.45) is 0. The van der Waals surface area contributed by atoms with Crippen molar-refractivity contribution in [3.05, 3.63) is 247 Å². The van der Waals surface area contributed by atoms with Gasteiger partial charge in [0.15, 0.2) is 5.58 Å². The standard InChI is InChI=1S/C59H37NO.CH4/c1-2-15-40(16-3-1)45-21-12-22-50-51-23-13-27-56(58(51)61-57(45)50)60(44-34-30-38-14-4-5-17-41(38)36-44)43-32-28-39(29-33-43)42-31-35-49-48-20-8-11-26-54(48)59(55(49)37-42)52-24-9-6-18-46(52)47-19-7-10-25-53(47)59;/h1-37H;1H4. The van der Waals surface area contributed by atoms with Crippen molar-refractivity contribution < 1.29 is 4.42 Å². The van der Waals surface area contributed by atoms with Crippen LogP contribution in [0.1, 0.15) is 29.7 Å². The van der Waals surface area contributed by atoms with Gasteiger partial charge in [-0.05, 0) is 108 Å². The minimum absolute atomic E-state index is 0. The van der Waals surface area contributed by atoms with E-state index < -0.39 is 0 Å². The highest BCUT2D eigenvalue weighted by Crippen LogP contribution is 2.63. The Morgan fingerprint density at radius 1 is 0.323 bits per heavy atom. The molecular formula is C60H41NO. The van der Waals surface area contributed by atoms with Gasteiger partial charge in [-0.25, -0.2) is 0 Å². The predicted octanol–water partition coefficient (Wildman–Crippen LogP) is 16.5. The molecule has 0 atom stereocenters. The van der Waals surface area contributed by atoms with Gasteiger partial charge in [-0.15, -0.1) is 0 Å². The van der Waals surface area contributed by atoms with Gasteiger partial charge in [0, 0.05) is 27.7 Å². The summed E-state index contributed by atoms with van der Waals surface area (Å²) >= 11 is 0. The molecule has 1 heterocycles. The van der Waals surface area contributed by atoms with Crippen LogP contribution in [0.25, 0.3) is 77.2 Å². The minimum Gasteiger partial charge on any atom is -0.453 e. The summed E-state index contributed by atoms with van der Waals surface area (Å²) in [5.41, 5.74) is 19.8. The number of rotatable bonds is 5. The molecule has 0 N–H and O–H groups in total. The van der Waals surface area contributed by atoms with E-state index in [1.807, 2.05) is 0 Å². The second kappa shape index (κ2) is 13.8. The molecule has 1 spiro atoms. The normalized spacial score (nSPS) is 12.8. The number of para-hydroxylation sites is 2. The zero-order valence-electron chi connectivity index (χ0n) is 33.2. The molecular weight excluding hydrogens is 751 g/mol. The maximum Gasteiger partial charge on any atom is 0.159 e. The number of fused-ring (bicyclic) bond motifs is 14. The largest absolute Gasteiger partial charge is 0.453 e. The molecule has 0 bridgehead atoms. The lowest BCUT2D eigenvalue weighted by Crippen LogP contribution is -2.25. The quantitative estimate of drug-likeness (QED) is 0.173. The van der Waals surface area contributed by atoms with Crippen molar-refractivity contribution in [1.82, 2.24) is 0 Å². The van der Waals surface area contributed by atoms with Crippen LogP contribution in [-0.4, -0.2) is 0 Å². The lowest BCUT2D eigenvalue weighted by molar-refractivity contribution is 0.670. The average molecular weight is 792 g/mol. The molecule has 2 nitrogen and oxygen atoms in total. The van der Waals surface area contributed by atoms with Crippen LogP contribution in [0.3, 0.4) is 0 Å². The Bertz CT molecular complexity index is 3480. The molecule has 2 heteroatoms. The fraction of sp³-hybridized carbons (Fsp3) is 0.0333. The van der Waals surface area contributed by atoms with Gasteiger partial charge >= 0.3 is 0 Å². The first kappa shape index (κ1) is 36.0. The van der Waals surface area contributed by atoms with E-state index in [1.54, 1.807) is 0 Å². The molecule has 62 heavy (non-hydrogen) atoms. The maximum absolute atomic E-state index is 7.00. The summed E-state index contributed by atoms with van der Waals surface area (Å²) in [6, 6.07) is 82.0. The van der Waals surface area contributed by atoms with Crippen LogP contribution in [0.15, 0.2) is 229 Å². The Labute approximate surface area is 361 Å². The van der Waals surface area contributed by atoms with Gasteiger partial charge in [-0.2, -0.15) is 0 Å². The van der Waals surface area contributed by atoms with E-state index in [2.05, 4.69) is 229 Å². The summed E-state index contributed by atoms with van der Waals surface area (Å²) < 4.78 is 7.00. The number of anilines is 3. The molecule has 11 aromatic rings. The number of hydrogen-bond acceptors (Lipinski definition) is 2. The molecule has 0 radical (unpaired) electrons. The lowest BCUT2D eigenvalue weighted by atomic mass is 9.70. The zero-order chi connectivity index (χ0) is 40.1. The van der Waals surface area contributed by atoms with E-state index in [9.17, 15) is 0 Å². The van der Waals surface area contributed by atoms with Gasteiger partial charge in [0.25, 0.3) is 0 Å². The van der Waals surface area contributed by atoms with Gasteiger partial charge in [-0.3, -0.25) is 0 Å². The number of benzene rings is 10. The summed E-state index contributed by atoms with van der Waals surface area (Å²) in [6.45, 7) is 0. The molecule has 0 fully saturated rings. The second-order valence-electron chi connectivity index (χ2n) is 16.4. The van der Waals surface area contributed by atoms with Crippen molar-refractivity contribution in [2.75, 3.05) is 4.90 Å². The van der Waals surface area contributed by atoms with Crippen molar-refractivity contribution in [1.29, 1.82) is 0 Å². The van der Waals surface area contributed by atoms with Crippen LogP contribution in [0.2, 0.25) is 0 Å². The highest BCUT2D eigenvalue weighted by atomic mass is 16.3. The lowest BCUT2D eigenvalue weighted by Gasteiger charge is -2.30. The third-order valence-corrected chi connectivity index (χ3v) is 13.3. The number of nitrogens with zero attached hydrogens (tertiary/aromatic N) is 1. The van der Waals surface area contributed by atoms with Crippen LogP contribution in [0, 0.1) is 0 Å². The van der Waals surface area contributed by atoms with Gasteiger partial charge in [0.05, 0.1) is 11.1 Å². The highest BCUT2D eigenvalue weighted by Gasteiger charge is 2.51. The molecule has 2 aliphatic carbocycles. The van der Waals surface area contributed by atoms with E-state index in [4.69, 9.17) is 4.42 Å². The topological polar surface area (TPSA) is 16.4 Å². The predicted molar refractivity (Wildman–Crippen MR) is 260 cm³/mol. The Morgan fingerprint density at radius 2 is 0.855 bits per heavy atom. The van der Waals surface area contributed by atoms with Crippen molar-refractivity contribution in [3.63, 3.8) is 0 Å². The second-order valence-corrected chi connectivity index (χ2v) is 16.4. The first-order valence-corrected chi connectivity index (χ1v) is 21.1. The Kier molecular flexibility index (Phi) is 8.01. The average Bonchev–Trinajstić information content (AvgIpc) is 3.97. The maximum atomic E-state index is 7.00. The van der Waals surface area contributed by atoms with Crippen LogP contribution >= 0.6 is 0 Å². The van der Waals surface area contributed by atoms with E-state index >= 15 is 0 Å². The first-order valence-electron chi connectivity index (χ1n) is 21.1. The highest BCUT2D eigenvalue weighted by molar-refractivity contribution is 6.13. The molecule has 0 unspecified atom stereocenters. The van der Waals surface area contributed by atoms with Crippen LogP contribution < -0.4 is 4.90 Å². The van der Waals surface area contributed by atoms with E-state index in [0.29, 0.717) is 0 Å². The number of hydrogen-bond donors (Lipinski definition) is 0. The SMILES string of the molecule is C.c1ccc(-c2cccc3c2oc2c(N(c4ccc(-c5ccc6c(c5)C5(c7ccccc7-c7ccccc75)c5ccccc5-6)cc4)c4ccc5ccccc5c4)cccc23)cc1. The summed E-state index contributed by atoms with van der Waals surface area (Å²) in [5.74, 6) is 0. The van der Waals surface area contributed by atoms with Crippen LogP contribution in [0.4, 0.5) is 17.1 Å². The molecule has 0 amide bonds. The first-order chi connectivity index (χ1) is 30.3. The molecule has 10 aromatic carbocycles. The Hall–Kier alpha value is -7.94. The van der Waals surface area contributed by atoms with E-state index in [1.165, 1.54) is 66.4 Å². The molecule has 2 aliphatic rings. The van der Waals surface area contributed by atoms with Crippen LogP contribution in [0.5, 0.6) is 0 Å². The fourth-order valence-electron chi connectivity index (χ4n) is 10.6. The molecule has 292 valence electrons. The van der Waals surface area contributed by atoms with Gasteiger partial charge in [-0.1, -0.05) is 195 Å². The zero-order valence-corrected chi connectivity index (χ0v) is 33.2. The van der Waals surface area contributed by atoms with E-state index in [-0.39, 0.29) is 12.8 Å². The van der Waals surface area contributed by atoms with Crippen molar-refractivity contribution in [2.45, 2.75) is 12.8 Å². The Morgan fingerprint density at radius 3 is 1.55 bits per heavy atom. The third-order valence-electron chi connectivity index (χ3n) is 13.3. The third kappa shape index (κ3) is 5.04. The van der Waals surface area contributed by atoms with Gasteiger partial charge < -0.3 is 9.32 Å². The fourth-order valence-corrected chi connectivity index (χ4v) is 10.6. The summed E-state index contributed by atoms with van der Waals surface area (Å²) in [7, 11) is 0. The van der Waals surface area contributed by atoms with Gasteiger partial charge in [0.2, 0.25) is 0 Å². The summed E-state index contributed by atoms with van der Waals surface area (Å²) in [4.78, 5) is 2.35. The smallest absolute Gasteiger partial charge is 0.159 e. The van der Waals surface area contributed by atoms with Crippen molar-refractivity contribution >= 4 is 49.8 Å².